The highest BCUT2D eigenvalue weighted by molar-refractivity contribution is 5.84. The molecular formula is C12H23N3O2. The van der Waals surface area contributed by atoms with E-state index in [2.05, 4.69) is 5.32 Å². The van der Waals surface area contributed by atoms with Gasteiger partial charge < -0.3 is 16.0 Å². The number of carbonyl (C=O) groups is 2. The Morgan fingerprint density at radius 3 is 2.53 bits per heavy atom. The van der Waals surface area contributed by atoms with Gasteiger partial charge in [0.2, 0.25) is 11.8 Å². The van der Waals surface area contributed by atoms with Crippen LogP contribution in [0.2, 0.25) is 0 Å². The van der Waals surface area contributed by atoms with Gasteiger partial charge in [0.1, 0.15) is 0 Å². The molecule has 5 heteroatoms. The number of nitrogens with one attached hydrogen (secondary N) is 1. The molecule has 98 valence electrons. The third kappa shape index (κ3) is 4.73. The molecule has 0 aromatic carbocycles. The fourth-order valence-electron chi connectivity index (χ4n) is 1.98. The number of nitrogens with zero attached hydrogens (tertiary/aromatic N) is 1. The summed E-state index contributed by atoms with van der Waals surface area (Å²) in [6, 6.07) is 0. The van der Waals surface area contributed by atoms with Crippen LogP contribution < -0.4 is 11.1 Å². The van der Waals surface area contributed by atoms with Gasteiger partial charge in [-0.15, -0.1) is 0 Å². The Labute approximate surface area is 103 Å². The van der Waals surface area contributed by atoms with Gasteiger partial charge in [0.25, 0.3) is 0 Å². The lowest BCUT2D eigenvalue weighted by atomic mass is 10.0. The molecule has 1 rings (SSSR count). The van der Waals surface area contributed by atoms with Crippen molar-refractivity contribution in [1.82, 2.24) is 10.2 Å². The zero-order chi connectivity index (χ0) is 12.7. The fourth-order valence-corrected chi connectivity index (χ4v) is 1.98. The molecule has 1 saturated heterocycles. The van der Waals surface area contributed by atoms with Crippen molar-refractivity contribution in [2.45, 2.75) is 32.6 Å². The predicted octanol–water partition coefficient (Wildman–Crippen LogP) is 0.100. The smallest absolute Gasteiger partial charge is 0.241 e. The monoisotopic (exact) mass is 241 g/mol. The van der Waals surface area contributed by atoms with Crippen molar-refractivity contribution in [2.24, 2.45) is 11.7 Å². The summed E-state index contributed by atoms with van der Waals surface area (Å²) in [7, 11) is 0. The van der Waals surface area contributed by atoms with Crippen molar-refractivity contribution in [2.75, 3.05) is 26.2 Å². The van der Waals surface area contributed by atoms with E-state index in [0.717, 1.165) is 32.4 Å². The first-order chi connectivity index (χ1) is 8.17. The summed E-state index contributed by atoms with van der Waals surface area (Å²) >= 11 is 0. The zero-order valence-corrected chi connectivity index (χ0v) is 10.6. The van der Waals surface area contributed by atoms with E-state index < -0.39 is 0 Å². The summed E-state index contributed by atoms with van der Waals surface area (Å²) in [5.41, 5.74) is 5.53. The highest BCUT2D eigenvalue weighted by atomic mass is 16.2. The number of likely N-dealkylation sites (tertiary alicyclic amines) is 1. The van der Waals surface area contributed by atoms with Crippen LogP contribution in [0.25, 0.3) is 0 Å². The molecule has 0 aromatic heterocycles. The highest BCUT2D eigenvalue weighted by Gasteiger charge is 2.18. The lowest BCUT2D eigenvalue weighted by Gasteiger charge is -2.16. The summed E-state index contributed by atoms with van der Waals surface area (Å²) < 4.78 is 0. The summed E-state index contributed by atoms with van der Waals surface area (Å²) in [5.74, 6) is 0.170. The second-order valence-corrected chi connectivity index (χ2v) is 4.58. The molecule has 3 N–H and O–H groups in total. The number of hydrogen-bond donors (Lipinski definition) is 2. The van der Waals surface area contributed by atoms with Gasteiger partial charge in [0.15, 0.2) is 0 Å². The Morgan fingerprint density at radius 2 is 2.00 bits per heavy atom. The minimum Gasteiger partial charge on any atom is -0.347 e. The van der Waals surface area contributed by atoms with E-state index in [4.69, 9.17) is 5.73 Å². The molecule has 1 heterocycles. The van der Waals surface area contributed by atoms with Crippen molar-refractivity contribution in [3.8, 4) is 0 Å². The van der Waals surface area contributed by atoms with Gasteiger partial charge >= 0.3 is 0 Å². The van der Waals surface area contributed by atoms with Crippen LogP contribution in [0.1, 0.15) is 32.6 Å². The van der Waals surface area contributed by atoms with Crippen molar-refractivity contribution < 1.29 is 9.59 Å². The summed E-state index contributed by atoms with van der Waals surface area (Å²) in [5, 5.41) is 2.67. The summed E-state index contributed by atoms with van der Waals surface area (Å²) in [6.07, 6.45) is 3.46. The number of rotatable bonds is 6. The van der Waals surface area contributed by atoms with Crippen LogP contribution in [0.5, 0.6) is 0 Å². The molecule has 1 atom stereocenters. The molecule has 1 unspecified atom stereocenters. The predicted molar refractivity (Wildman–Crippen MR) is 66.3 cm³/mol. The van der Waals surface area contributed by atoms with Crippen molar-refractivity contribution >= 4 is 11.8 Å². The average molecular weight is 241 g/mol. The number of amides is 2. The minimum absolute atomic E-state index is 0.0247. The molecule has 2 amide bonds. The van der Waals surface area contributed by atoms with E-state index in [0.29, 0.717) is 13.0 Å². The van der Waals surface area contributed by atoms with Crippen molar-refractivity contribution in [1.29, 1.82) is 0 Å². The highest BCUT2D eigenvalue weighted by Crippen LogP contribution is 2.07. The van der Waals surface area contributed by atoms with Crippen LogP contribution in [0, 0.1) is 5.92 Å². The van der Waals surface area contributed by atoms with Gasteiger partial charge in [-0.3, -0.25) is 9.59 Å². The van der Waals surface area contributed by atoms with E-state index in [-0.39, 0.29) is 24.3 Å². The van der Waals surface area contributed by atoms with Crippen LogP contribution >= 0.6 is 0 Å². The third-order valence-electron chi connectivity index (χ3n) is 3.28. The normalized spacial score (nSPS) is 16.9. The molecule has 0 saturated carbocycles. The standard InChI is InChI=1S/C12H23N3O2/c1-2-10(8-13)7-11(16)14-9-12(17)15-5-3-4-6-15/h10H,2-9,13H2,1H3,(H,14,16). The molecule has 5 nitrogen and oxygen atoms in total. The van der Waals surface area contributed by atoms with Crippen molar-refractivity contribution in [3.05, 3.63) is 0 Å². The molecule has 1 aliphatic rings. The molecule has 1 aliphatic heterocycles. The molecule has 17 heavy (non-hydrogen) atoms. The van der Waals surface area contributed by atoms with Gasteiger partial charge in [-0.05, 0) is 25.3 Å². The Balaban J connectivity index is 2.20. The number of carbonyl (C=O) groups excluding carboxylic acids is 2. The first-order valence-electron chi connectivity index (χ1n) is 6.42. The number of hydrogen-bond acceptors (Lipinski definition) is 3. The topological polar surface area (TPSA) is 75.4 Å². The van der Waals surface area contributed by atoms with Crippen LogP contribution in [0.4, 0.5) is 0 Å². The van der Waals surface area contributed by atoms with E-state index in [1.165, 1.54) is 0 Å². The molecule has 0 bridgehead atoms. The van der Waals surface area contributed by atoms with Crippen LogP contribution in [0.3, 0.4) is 0 Å². The van der Waals surface area contributed by atoms with Gasteiger partial charge in [-0.2, -0.15) is 0 Å². The van der Waals surface area contributed by atoms with Crippen LogP contribution in [-0.2, 0) is 9.59 Å². The molecule has 0 spiro atoms. The lowest BCUT2D eigenvalue weighted by Crippen LogP contribution is -2.39. The summed E-state index contributed by atoms with van der Waals surface area (Å²) in [6.45, 7) is 4.31. The van der Waals surface area contributed by atoms with Crippen molar-refractivity contribution in [3.63, 3.8) is 0 Å². The number of nitrogens with two attached hydrogens (primary N) is 1. The van der Waals surface area contributed by atoms with Gasteiger partial charge in [0, 0.05) is 19.5 Å². The van der Waals surface area contributed by atoms with E-state index in [9.17, 15) is 9.59 Å². The summed E-state index contributed by atoms with van der Waals surface area (Å²) in [4.78, 5) is 25.0. The van der Waals surface area contributed by atoms with Gasteiger partial charge in [-0.25, -0.2) is 0 Å². The third-order valence-corrected chi connectivity index (χ3v) is 3.28. The Morgan fingerprint density at radius 1 is 1.35 bits per heavy atom. The maximum Gasteiger partial charge on any atom is 0.241 e. The second kappa shape index (κ2) is 7.27. The Bertz CT molecular complexity index is 258. The van der Waals surface area contributed by atoms with E-state index >= 15 is 0 Å². The van der Waals surface area contributed by atoms with Gasteiger partial charge in [-0.1, -0.05) is 13.3 Å². The molecule has 0 aromatic rings. The molecule has 0 aliphatic carbocycles. The van der Waals surface area contributed by atoms with Crippen LogP contribution in [0.15, 0.2) is 0 Å². The fraction of sp³-hybridized carbons (Fsp3) is 0.833. The van der Waals surface area contributed by atoms with E-state index in [1.54, 1.807) is 4.90 Å². The van der Waals surface area contributed by atoms with Crippen LogP contribution in [-0.4, -0.2) is 42.9 Å². The quantitative estimate of drug-likeness (QED) is 0.692. The maximum atomic E-state index is 11.7. The largest absolute Gasteiger partial charge is 0.347 e. The second-order valence-electron chi connectivity index (χ2n) is 4.58. The minimum atomic E-state index is -0.0742. The first kappa shape index (κ1) is 14.0. The lowest BCUT2D eigenvalue weighted by molar-refractivity contribution is -0.132. The van der Waals surface area contributed by atoms with Gasteiger partial charge in [0.05, 0.1) is 6.54 Å². The first-order valence-corrected chi connectivity index (χ1v) is 6.42. The average Bonchev–Trinajstić information content (AvgIpc) is 2.86. The molecule has 1 fully saturated rings. The van der Waals surface area contributed by atoms with E-state index in [1.807, 2.05) is 6.92 Å². The Hall–Kier alpha value is -1.10. The maximum absolute atomic E-state index is 11.7. The zero-order valence-electron chi connectivity index (χ0n) is 10.6. The SMILES string of the molecule is CCC(CN)CC(=O)NCC(=O)N1CCCC1. The molecular weight excluding hydrogens is 218 g/mol. The Kier molecular flexibility index (Phi) is 5.97. The molecule has 0 radical (unpaired) electrons.